The van der Waals surface area contributed by atoms with E-state index in [9.17, 15) is 18.8 Å². The third kappa shape index (κ3) is 4.63. The van der Waals surface area contributed by atoms with Crippen molar-refractivity contribution in [2.24, 2.45) is 0 Å². The fraction of sp³-hybridized carbons (Fsp3) is 0.188. The molecule has 0 aliphatic carbocycles. The second-order valence-electron chi connectivity index (χ2n) is 5.04. The number of hydrogen-bond donors (Lipinski definition) is 3. The van der Waals surface area contributed by atoms with Crippen molar-refractivity contribution in [1.29, 1.82) is 0 Å². The molecule has 0 saturated heterocycles. The van der Waals surface area contributed by atoms with E-state index in [1.54, 1.807) is 17.5 Å². The van der Waals surface area contributed by atoms with Gasteiger partial charge in [-0.25, -0.2) is 4.39 Å². The summed E-state index contributed by atoms with van der Waals surface area (Å²) in [5, 5.41) is 9.19. The van der Waals surface area contributed by atoms with Gasteiger partial charge in [-0.2, -0.15) is 0 Å². The van der Waals surface area contributed by atoms with Gasteiger partial charge in [0.2, 0.25) is 11.8 Å². The Hall–Kier alpha value is -2.74. The lowest BCUT2D eigenvalue weighted by molar-refractivity contribution is -0.117. The number of amides is 3. The van der Waals surface area contributed by atoms with E-state index in [0.29, 0.717) is 10.6 Å². The highest BCUT2D eigenvalue weighted by molar-refractivity contribution is 7.12. The lowest BCUT2D eigenvalue weighted by Gasteiger charge is -2.14. The minimum absolute atomic E-state index is 0.0801. The standard InChI is InChI=1S/C16H16FN3O3S/c1-9(18-16(23)14-4-3-7-24-14)15(22)20-13-8-11(19-10(2)21)5-6-12(13)17/h3-9H,1-2H3,(H,18,23)(H,19,21)(H,20,22). The number of thiophene rings is 1. The largest absolute Gasteiger partial charge is 0.340 e. The van der Waals surface area contributed by atoms with Crippen LogP contribution in [0.4, 0.5) is 15.8 Å². The van der Waals surface area contributed by atoms with Crippen LogP contribution >= 0.6 is 11.3 Å². The zero-order chi connectivity index (χ0) is 17.7. The van der Waals surface area contributed by atoms with E-state index in [-0.39, 0.29) is 17.5 Å². The number of anilines is 2. The quantitative estimate of drug-likeness (QED) is 0.775. The molecule has 6 nitrogen and oxygen atoms in total. The third-order valence-electron chi connectivity index (χ3n) is 3.03. The second kappa shape index (κ2) is 7.69. The van der Waals surface area contributed by atoms with Gasteiger partial charge in [0.25, 0.3) is 5.91 Å². The average molecular weight is 349 g/mol. The lowest BCUT2D eigenvalue weighted by Crippen LogP contribution is -2.41. The number of carbonyl (C=O) groups is 3. The molecule has 2 rings (SSSR count). The first-order chi connectivity index (χ1) is 11.4. The summed E-state index contributed by atoms with van der Waals surface area (Å²) in [7, 11) is 0. The Kier molecular flexibility index (Phi) is 5.64. The molecule has 1 aromatic heterocycles. The van der Waals surface area contributed by atoms with Crippen LogP contribution < -0.4 is 16.0 Å². The molecule has 0 aliphatic heterocycles. The van der Waals surface area contributed by atoms with Crippen LogP contribution in [0.2, 0.25) is 0 Å². The predicted octanol–water partition coefficient (Wildman–Crippen LogP) is 2.60. The molecule has 3 amide bonds. The zero-order valence-corrected chi connectivity index (χ0v) is 13.9. The number of hydrogen-bond acceptors (Lipinski definition) is 4. The van der Waals surface area contributed by atoms with Gasteiger partial charge in [-0.05, 0) is 36.6 Å². The van der Waals surface area contributed by atoms with Crippen LogP contribution in [0.3, 0.4) is 0 Å². The Morgan fingerprint density at radius 1 is 1.17 bits per heavy atom. The Balaban J connectivity index is 2.03. The van der Waals surface area contributed by atoms with Crippen LogP contribution in [0.1, 0.15) is 23.5 Å². The summed E-state index contributed by atoms with van der Waals surface area (Å²) in [5.41, 5.74) is 0.276. The molecule has 0 aliphatic rings. The second-order valence-corrected chi connectivity index (χ2v) is 5.99. The minimum Gasteiger partial charge on any atom is -0.340 e. The molecule has 0 bridgehead atoms. The van der Waals surface area contributed by atoms with Crippen LogP contribution in [0, 0.1) is 5.82 Å². The Morgan fingerprint density at radius 2 is 1.92 bits per heavy atom. The topological polar surface area (TPSA) is 87.3 Å². The van der Waals surface area contributed by atoms with E-state index < -0.39 is 17.8 Å². The average Bonchev–Trinajstić information content (AvgIpc) is 3.04. The number of benzene rings is 1. The molecular weight excluding hydrogens is 333 g/mol. The highest BCUT2D eigenvalue weighted by Gasteiger charge is 2.18. The minimum atomic E-state index is -0.858. The first kappa shape index (κ1) is 17.6. The van der Waals surface area contributed by atoms with Crippen molar-refractivity contribution in [1.82, 2.24) is 5.32 Å². The molecule has 0 fully saturated rings. The summed E-state index contributed by atoms with van der Waals surface area (Å²) in [5.74, 6) is -1.90. The van der Waals surface area contributed by atoms with Crippen molar-refractivity contribution in [2.45, 2.75) is 19.9 Å². The molecule has 1 aromatic carbocycles. The van der Waals surface area contributed by atoms with Crippen LogP contribution in [0.15, 0.2) is 35.7 Å². The summed E-state index contributed by atoms with van der Waals surface area (Å²) in [6, 6.07) is 6.34. The molecule has 0 radical (unpaired) electrons. The van der Waals surface area contributed by atoms with Gasteiger partial charge in [0.05, 0.1) is 10.6 Å². The van der Waals surface area contributed by atoms with E-state index in [2.05, 4.69) is 16.0 Å². The van der Waals surface area contributed by atoms with Crippen molar-refractivity contribution in [3.05, 3.63) is 46.4 Å². The molecule has 126 valence electrons. The third-order valence-corrected chi connectivity index (χ3v) is 3.90. The smallest absolute Gasteiger partial charge is 0.261 e. The summed E-state index contributed by atoms with van der Waals surface area (Å²) in [6.45, 7) is 2.82. The summed E-state index contributed by atoms with van der Waals surface area (Å²) < 4.78 is 13.8. The van der Waals surface area contributed by atoms with Crippen molar-refractivity contribution in [2.75, 3.05) is 10.6 Å². The molecule has 1 unspecified atom stereocenters. The molecule has 0 spiro atoms. The number of nitrogens with one attached hydrogen (secondary N) is 3. The highest BCUT2D eigenvalue weighted by Crippen LogP contribution is 2.20. The van der Waals surface area contributed by atoms with Crippen molar-refractivity contribution >= 4 is 40.4 Å². The fourth-order valence-corrected chi connectivity index (χ4v) is 2.51. The van der Waals surface area contributed by atoms with E-state index in [0.717, 1.165) is 6.07 Å². The van der Waals surface area contributed by atoms with E-state index in [4.69, 9.17) is 0 Å². The molecule has 2 aromatic rings. The van der Waals surface area contributed by atoms with E-state index in [1.165, 1.54) is 37.3 Å². The summed E-state index contributed by atoms with van der Waals surface area (Å²) in [4.78, 5) is 35.6. The van der Waals surface area contributed by atoms with Crippen molar-refractivity contribution in [3.63, 3.8) is 0 Å². The van der Waals surface area contributed by atoms with Gasteiger partial charge in [-0.1, -0.05) is 6.07 Å². The predicted molar refractivity (Wildman–Crippen MR) is 90.6 cm³/mol. The molecule has 1 heterocycles. The van der Waals surface area contributed by atoms with Crippen LogP contribution in [-0.2, 0) is 9.59 Å². The maximum absolute atomic E-state index is 13.8. The molecule has 8 heteroatoms. The lowest BCUT2D eigenvalue weighted by atomic mass is 10.2. The maximum Gasteiger partial charge on any atom is 0.261 e. The number of rotatable bonds is 5. The van der Waals surface area contributed by atoms with Crippen molar-refractivity contribution < 1.29 is 18.8 Å². The van der Waals surface area contributed by atoms with Gasteiger partial charge in [0, 0.05) is 12.6 Å². The Bertz CT molecular complexity index is 762. The molecule has 0 saturated carbocycles. The van der Waals surface area contributed by atoms with Gasteiger partial charge < -0.3 is 16.0 Å². The van der Waals surface area contributed by atoms with Crippen LogP contribution in [0.25, 0.3) is 0 Å². The number of halogens is 1. The van der Waals surface area contributed by atoms with Gasteiger partial charge in [-0.3, -0.25) is 14.4 Å². The highest BCUT2D eigenvalue weighted by atomic mass is 32.1. The Morgan fingerprint density at radius 3 is 2.54 bits per heavy atom. The first-order valence-corrected chi connectivity index (χ1v) is 7.97. The van der Waals surface area contributed by atoms with Gasteiger partial charge in [0.15, 0.2) is 0 Å². The van der Waals surface area contributed by atoms with Gasteiger partial charge in [0.1, 0.15) is 11.9 Å². The molecule has 3 N–H and O–H groups in total. The van der Waals surface area contributed by atoms with Crippen LogP contribution in [0.5, 0.6) is 0 Å². The summed E-state index contributed by atoms with van der Waals surface area (Å²) >= 11 is 1.25. The Labute approximate surface area is 142 Å². The van der Waals surface area contributed by atoms with E-state index in [1.807, 2.05) is 0 Å². The number of carbonyl (C=O) groups excluding carboxylic acids is 3. The fourth-order valence-electron chi connectivity index (χ4n) is 1.88. The van der Waals surface area contributed by atoms with E-state index >= 15 is 0 Å². The van der Waals surface area contributed by atoms with Crippen molar-refractivity contribution in [3.8, 4) is 0 Å². The van der Waals surface area contributed by atoms with Gasteiger partial charge >= 0.3 is 0 Å². The molecule has 24 heavy (non-hydrogen) atoms. The zero-order valence-electron chi connectivity index (χ0n) is 13.1. The SMILES string of the molecule is CC(=O)Nc1ccc(F)c(NC(=O)C(C)NC(=O)c2cccs2)c1. The first-order valence-electron chi connectivity index (χ1n) is 7.09. The monoisotopic (exact) mass is 349 g/mol. The summed E-state index contributed by atoms with van der Waals surface area (Å²) in [6.07, 6.45) is 0. The molecular formula is C16H16FN3O3S. The normalized spacial score (nSPS) is 11.5. The van der Waals surface area contributed by atoms with Crippen LogP contribution in [-0.4, -0.2) is 23.8 Å². The van der Waals surface area contributed by atoms with Gasteiger partial charge in [-0.15, -0.1) is 11.3 Å². The maximum atomic E-state index is 13.8. The molecule has 1 atom stereocenters.